The Kier molecular flexibility index (Phi) is 12.2. The normalized spacial score (nSPS) is 17.9. The van der Waals surface area contributed by atoms with Gasteiger partial charge in [-0.3, -0.25) is 0 Å². The van der Waals surface area contributed by atoms with Crippen LogP contribution >= 0.6 is 0 Å². The number of anilines is 7. The summed E-state index contributed by atoms with van der Waals surface area (Å²) in [5.74, 6) is 1.67. The van der Waals surface area contributed by atoms with Crippen molar-refractivity contribution in [3.8, 4) is 61.3 Å². The van der Waals surface area contributed by atoms with Gasteiger partial charge in [0.05, 0.1) is 28.1 Å². The fourth-order valence-electron chi connectivity index (χ4n) is 17.2. The zero-order valence-corrected chi connectivity index (χ0v) is 51.3. The summed E-state index contributed by atoms with van der Waals surface area (Å²) in [6, 6.07) is 107. The van der Waals surface area contributed by atoms with Crippen molar-refractivity contribution < 1.29 is 0 Å². The number of piperidine rings is 2. The molecule has 4 nitrogen and oxygen atoms in total. The van der Waals surface area contributed by atoms with E-state index >= 15 is 0 Å². The second-order valence-corrected chi connectivity index (χ2v) is 27.2. The molecule has 13 aromatic rings. The van der Waals surface area contributed by atoms with Gasteiger partial charge in [0.15, 0.2) is 0 Å². The van der Waals surface area contributed by atoms with E-state index < -0.39 is 0 Å². The van der Waals surface area contributed by atoms with Crippen molar-refractivity contribution in [2.75, 3.05) is 14.7 Å². The number of rotatable bonds is 9. The van der Waals surface area contributed by atoms with E-state index in [9.17, 15) is 0 Å². The van der Waals surface area contributed by atoms with Crippen LogP contribution in [0.4, 0.5) is 39.8 Å². The van der Waals surface area contributed by atoms with Crippen LogP contribution in [0.1, 0.15) is 58.4 Å². The lowest BCUT2D eigenvalue weighted by Crippen LogP contribution is -2.62. The highest BCUT2D eigenvalue weighted by atomic mass is 15.2. The van der Waals surface area contributed by atoms with E-state index in [-0.39, 0.29) is 12.1 Å². The summed E-state index contributed by atoms with van der Waals surface area (Å²) in [6.45, 7) is 6.77. The molecule has 5 heterocycles. The fraction of sp³-hybridized carbons (Fsp3) is 0.153. The van der Waals surface area contributed by atoms with Gasteiger partial charge < -0.3 is 19.3 Å². The summed E-state index contributed by atoms with van der Waals surface area (Å²) in [4.78, 5) is 8.36. The van der Waals surface area contributed by atoms with Crippen molar-refractivity contribution in [1.29, 1.82) is 0 Å². The van der Waals surface area contributed by atoms with Crippen LogP contribution in [0.2, 0.25) is 0 Å². The molecule has 2 saturated heterocycles. The average molecular weight is 1160 g/mol. The van der Waals surface area contributed by atoms with Crippen LogP contribution in [-0.4, -0.2) is 23.4 Å². The molecule has 12 aromatic carbocycles. The summed E-state index contributed by atoms with van der Waals surface area (Å²) in [7, 11) is 0. The quantitative estimate of drug-likeness (QED) is 0.134. The Morgan fingerprint density at radius 3 is 1.24 bits per heavy atom. The van der Waals surface area contributed by atoms with Gasteiger partial charge >= 0.3 is 0 Å². The first-order valence-corrected chi connectivity index (χ1v) is 32.7. The van der Waals surface area contributed by atoms with Gasteiger partial charge in [0.2, 0.25) is 0 Å². The van der Waals surface area contributed by atoms with Crippen LogP contribution in [-0.2, 0) is 5.41 Å². The lowest BCUT2D eigenvalue weighted by Gasteiger charge is -2.57. The molecule has 2 aliphatic carbocycles. The Bertz CT molecular complexity index is 4750. The van der Waals surface area contributed by atoms with Crippen molar-refractivity contribution in [2.24, 2.45) is 11.8 Å². The fourth-order valence-corrected chi connectivity index (χ4v) is 17.2. The minimum absolute atomic E-state index is 0.0267. The number of nitrogens with zero attached hydrogens (tertiary/aromatic N) is 4. The highest BCUT2D eigenvalue weighted by Crippen LogP contribution is 2.56. The van der Waals surface area contributed by atoms with Gasteiger partial charge in [0, 0.05) is 73.5 Å². The summed E-state index contributed by atoms with van der Waals surface area (Å²) in [5, 5.41) is 2.47. The number of para-hydroxylation sites is 4. The Hall–Kier alpha value is -10.1. The molecule has 1 aromatic heterocycles. The SMILES string of the molecule is CC(C)(C)c1ccc(-c2ccc3c(c2)B2c4ccc(N5C6CC7CC(C6)CC5C7)cc4N(c4c(-c5ccccc5)cccc4-c4ccccc4)c4cc(-n5c6ccccc6c6ccccc65)cc(c42)N3c2c(-c3ccccc3)cccc2-c2ccccc2)cc1. The molecule has 2 saturated carbocycles. The topological polar surface area (TPSA) is 14.7 Å². The molecule has 4 fully saturated rings. The molecular weight excluding hydrogens is 1090 g/mol. The molecule has 4 bridgehead atoms. The van der Waals surface area contributed by atoms with Gasteiger partial charge in [-0.15, -0.1) is 0 Å². The highest BCUT2D eigenvalue weighted by Gasteiger charge is 2.49. The van der Waals surface area contributed by atoms with Gasteiger partial charge in [-0.1, -0.05) is 257 Å². The predicted octanol–water partition coefficient (Wildman–Crippen LogP) is 20.3. The molecule has 90 heavy (non-hydrogen) atoms. The van der Waals surface area contributed by atoms with Crippen molar-refractivity contribution in [1.82, 2.24) is 4.57 Å². The number of fused-ring (bicyclic) bond motifs is 7. The zero-order chi connectivity index (χ0) is 59.8. The lowest BCUT2D eigenvalue weighted by molar-refractivity contribution is 0.0900. The molecule has 5 heteroatoms. The standard InChI is InChI=1S/C85H69BN4/c1-85(2,3)63-41-38-57(39-42-63)62-40-45-78-75(51-62)86-74-44-43-64(87-65-47-55-46-56(49-65)50-66(87)48-55)52-79(74)90(84-70(60-26-12-6-13-27-60)34-21-35-71(84)61-28-14-7-15-29-61)81-54-67(88-76-36-18-16-30-72(76)73-31-17-19-37-77(73)88)53-80(82(81)86)89(78)83-68(58-22-8-4-9-23-58)32-20-33-69(83)59-24-10-5-11-25-59/h4-45,51-56,65-66H,46-50H2,1-3H3. The number of aromatic nitrogens is 1. The van der Waals surface area contributed by atoms with Gasteiger partial charge in [-0.05, 0) is 147 Å². The molecule has 4 aliphatic heterocycles. The van der Waals surface area contributed by atoms with E-state index in [0.717, 1.165) is 28.9 Å². The lowest BCUT2D eigenvalue weighted by atomic mass is 9.33. The van der Waals surface area contributed by atoms with Crippen molar-refractivity contribution in [3.63, 3.8) is 0 Å². The number of hydrogen-bond acceptors (Lipinski definition) is 3. The minimum atomic E-state index is -0.163. The van der Waals surface area contributed by atoms with E-state index in [1.807, 2.05) is 0 Å². The zero-order valence-electron chi connectivity index (χ0n) is 51.3. The summed E-state index contributed by atoms with van der Waals surface area (Å²) in [6.07, 6.45) is 6.57. The predicted molar refractivity (Wildman–Crippen MR) is 381 cm³/mol. The smallest absolute Gasteiger partial charge is 0.252 e. The van der Waals surface area contributed by atoms with E-state index in [1.54, 1.807) is 0 Å². The first kappa shape index (κ1) is 53.0. The van der Waals surface area contributed by atoms with Crippen molar-refractivity contribution in [3.05, 3.63) is 285 Å². The molecule has 6 aliphatic rings. The van der Waals surface area contributed by atoms with Gasteiger partial charge in [-0.25, -0.2) is 0 Å². The van der Waals surface area contributed by atoms with Gasteiger partial charge in [0.1, 0.15) is 0 Å². The third-order valence-corrected chi connectivity index (χ3v) is 21.0. The molecule has 432 valence electrons. The highest BCUT2D eigenvalue weighted by molar-refractivity contribution is 7.00. The molecule has 0 amide bonds. The molecule has 19 rings (SSSR count). The van der Waals surface area contributed by atoms with Crippen LogP contribution in [0.25, 0.3) is 83.1 Å². The van der Waals surface area contributed by atoms with E-state index in [1.165, 1.54) is 160 Å². The first-order chi connectivity index (χ1) is 44.3. The van der Waals surface area contributed by atoms with E-state index in [0.29, 0.717) is 12.1 Å². The van der Waals surface area contributed by atoms with Crippen molar-refractivity contribution in [2.45, 2.75) is 70.4 Å². The van der Waals surface area contributed by atoms with E-state index in [4.69, 9.17) is 0 Å². The Morgan fingerprint density at radius 1 is 0.333 bits per heavy atom. The second-order valence-electron chi connectivity index (χ2n) is 27.2. The Balaban J connectivity index is 1.01. The Morgan fingerprint density at radius 2 is 0.767 bits per heavy atom. The van der Waals surface area contributed by atoms with E-state index in [2.05, 4.69) is 319 Å². The van der Waals surface area contributed by atoms with Crippen molar-refractivity contribution >= 4 is 84.7 Å². The second kappa shape index (κ2) is 20.8. The molecular formula is C85H69BN4. The van der Waals surface area contributed by atoms with Crippen LogP contribution in [0.3, 0.4) is 0 Å². The monoisotopic (exact) mass is 1160 g/mol. The minimum Gasteiger partial charge on any atom is -0.365 e. The number of benzene rings is 12. The van der Waals surface area contributed by atoms with Crippen LogP contribution < -0.4 is 31.1 Å². The van der Waals surface area contributed by atoms with Crippen LogP contribution in [0.5, 0.6) is 0 Å². The average Bonchev–Trinajstić information content (AvgIpc) is 0.742. The van der Waals surface area contributed by atoms with Crippen LogP contribution in [0, 0.1) is 11.8 Å². The maximum absolute atomic E-state index is 2.91. The van der Waals surface area contributed by atoms with Gasteiger partial charge in [-0.2, -0.15) is 0 Å². The Labute approximate surface area is 529 Å². The molecule has 0 spiro atoms. The molecule has 0 radical (unpaired) electrons. The summed E-state index contributed by atoms with van der Waals surface area (Å²) in [5.41, 5.74) is 29.0. The maximum Gasteiger partial charge on any atom is 0.252 e. The molecule has 0 unspecified atom stereocenters. The number of hydrogen-bond donors (Lipinski definition) is 0. The largest absolute Gasteiger partial charge is 0.365 e. The maximum atomic E-state index is 2.91. The molecule has 0 atom stereocenters. The summed E-state index contributed by atoms with van der Waals surface area (Å²) >= 11 is 0. The first-order valence-electron chi connectivity index (χ1n) is 32.7. The van der Waals surface area contributed by atoms with Gasteiger partial charge in [0.25, 0.3) is 6.71 Å². The van der Waals surface area contributed by atoms with Crippen LogP contribution in [0.15, 0.2) is 279 Å². The third-order valence-electron chi connectivity index (χ3n) is 21.0. The summed E-state index contributed by atoms with van der Waals surface area (Å²) < 4.78 is 2.56. The third kappa shape index (κ3) is 8.42. The molecule has 0 N–H and O–H groups in total.